The number of benzene rings is 2. The molecule has 1 N–H and O–H groups in total. The Morgan fingerprint density at radius 1 is 0.925 bits per heavy atom. The minimum atomic E-state index is -0.908. The van der Waals surface area contributed by atoms with Crippen molar-refractivity contribution >= 4 is 29.4 Å². The lowest BCUT2D eigenvalue weighted by atomic mass is 9.58. The van der Waals surface area contributed by atoms with Crippen LogP contribution >= 0.6 is 0 Å². The van der Waals surface area contributed by atoms with E-state index in [-0.39, 0.29) is 16.7 Å². The summed E-state index contributed by atoms with van der Waals surface area (Å²) in [4.78, 5) is 28.1. The third-order valence-electron chi connectivity index (χ3n) is 9.26. The van der Waals surface area contributed by atoms with E-state index in [1.807, 2.05) is 18.2 Å². The van der Waals surface area contributed by atoms with Crippen molar-refractivity contribution in [3.8, 4) is 0 Å². The first-order chi connectivity index (χ1) is 19.0. The maximum absolute atomic E-state index is 14.6. The van der Waals surface area contributed by atoms with Gasteiger partial charge in [-0.3, -0.25) is 4.79 Å². The van der Waals surface area contributed by atoms with Gasteiger partial charge in [0, 0.05) is 37.0 Å². The lowest BCUT2D eigenvalue weighted by Crippen LogP contribution is -2.57. The number of hydrogen-bond acceptors (Lipinski definition) is 3. The number of rotatable bonds is 6. The second-order valence-electron chi connectivity index (χ2n) is 12.8. The number of carbonyl (C=O) groups is 2. The highest BCUT2D eigenvalue weighted by Crippen LogP contribution is 2.55. The van der Waals surface area contributed by atoms with Crippen molar-refractivity contribution in [3.05, 3.63) is 89.0 Å². The molecule has 1 fully saturated rings. The molecule has 212 valence electrons. The van der Waals surface area contributed by atoms with Crippen molar-refractivity contribution in [2.24, 2.45) is 10.8 Å². The van der Waals surface area contributed by atoms with Crippen LogP contribution in [0.4, 0.5) is 0 Å². The summed E-state index contributed by atoms with van der Waals surface area (Å²) in [6.45, 7) is 14.5. The van der Waals surface area contributed by atoms with Gasteiger partial charge in [-0.05, 0) is 61.9 Å². The Kier molecular flexibility index (Phi) is 7.79. The van der Waals surface area contributed by atoms with Gasteiger partial charge in [-0.25, -0.2) is 4.79 Å². The fraction of sp³-hybridized carbons (Fsp3) is 0.471. The van der Waals surface area contributed by atoms with Gasteiger partial charge in [0.2, 0.25) is 5.91 Å². The first kappa shape index (κ1) is 28.7. The number of nitrogens with zero attached hydrogens (tertiary/aromatic N) is 2. The third-order valence-corrected chi connectivity index (χ3v) is 10.5. The average molecular weight is 560 g/mol. The molecule has 2 aliphatic heterocycles. The Hall–Kier alpha value is -2.83. The van der Waals surface area contributed by atoms with Gasteiger partial charge < -0.3 is 10.0 Å². The Morgan fingerprint density at radius 3 is 2.17 bits per heavy atom. The fourth-order valence-electron chi connectivity index (χ4n) is 7.36. The van der Waals surface area contributed by atoms with E-state index in [2.05, 4.69) is 80.2 Å². The van der Waals surface area contributed by atoms with E-state index in [1.54, 1.807) is 12.1 Å². The van der Waals surface area contributed by atoms with E-state index in [9.17, 15) is 14.7 Å². The fourth-order valence-corrected chi connectivity index (χ4v) is 8.45. The Morgan fingerprint density at radius 2 is 1.57 bits per heavy atom. The van der Waals surface area contributed by atoms with Gasteiger partial charge in [-0.1, -0.05) is 81.0 Å². The Bertz CT molecular complexity index is 1320. The molecule has 5 nitrogen and oxygen atoms in total. The van der Waals surface area contributed by atoms with Crippen molar-refractivity contribution in [1.82, 2.24) is 9.21 Å². The van der Waals surface area contributed by atoms with Crippen molar-refractivity contribution in [2.45, 2.75) is 64.5 Å². The Labute approximate surface area is 243 Å². The zero-order valence-electron chi connectivity index (χ0n) is 24.5. The van der Waals surface area contributed by atoms with Crippen molar-refractivity contribution in [3.63, 3.8) is 0 Å². The molecule has 0 unspecified atom stereocenters. The zero-order chi connectivity index (χ0) is 28.7. The number of fused-ring (bicyclic) bond motifs is 1. The minimum Gasteiger partial charge on any atom is -0.478 e. The van der Waals surface area contributed by atoms with Gasteiger partial charge in [0.05, 0.1) is 22.9 Å². The topological polar surface area (TPSA) is 60.9 Å². The standard InChI is InChI=1S/C34H42N2O3S/c1-24(2)40-36-21-18-34(19-22-36,27-9-7-6-8-10-27)31(39)35-20-16-29-32(3,4)28(15-17-33(29,5)23-35)25-11-13-26(14-12-25)30(37)38/h6-16,24H,17-23H2,1-5H3,(H,37,38)/p+1/t33-/m1/s1. The molecule has 0 bridgehead atoms. The SMILES string of the molecule is CC(C)[SH+]N1CCC(C(=O)N2CC=C3C(C)(C)C(c4ccc(C(=O)O)cc4)=CC[C@]3(C)C2)(c2ccccc2)CC1. The van der Waals surface area contributed by atoms with Gasteiger partial charge in [0.25, 0.3) is 0 Å². The van der Waals surface area contributed by atoms with Gasteiger partial charge in [-0.2, -0.15) is 0 Å². The van der Waals surface area contributed by atoms with Crippen LogP contribution in [-0.4, -0.2) is 57.6 Å². The summed E-state index contributed by atoms with van der Waals surface area (Å²) in [5.74, 6) is -0.637. The van der Waals surface area contributed by atoms with Crippen LogP contribution in [0.15, 0.2) is 72.3 Å². The minimum absolute atomic E-state index is 0.142. The molecule has 1 atom stereocenters. The predicted octanol–water partition coefficient (Wildman–Crippen LogP) is 6.15. The maximum Gasteiger partial charge on any atom is 0.335 e. The van der Waals surface area contributed by atoms with Crippen LogP contribution < -0.4 is 0 Å². The summed E-state index contributed by atoms with van der Waals surface area (Å²) in [5.41, 5.74) is 4.28. The lowest BCUT2D eigenvalue weighted by Gasteiger charge is -2.52. The van der Waals surface area contributed by atoms with E-state index < -0.39 is 11.4 Å². The molecule has 1 saturated heterocycles. The van der Waals surface area contributed by atoms with Gasteiger partial charge in [-0.15, -0.1) is 4.31 Å². The number of thiol groups is 1. The molecule has 6 heteroatoms. The van der Waals surface area contributed by atoms with Crippen LogP contribution in [0.1, 0.15) is 75.4 Å². The molecule has 0 radical (unpaired) electrons. The molecule has 2 aromatic carbocycles. The number of carbonyl (C=O) groups excluding carboxylic acids is 1. The molecule has 1 aliphatic carbocycles. The zero-order valence-corrected chi connectivity index (χ0v) is 25.4. The molecule has 0 aromatic heterocycles. The van der Waals surface area contributed by atoms with E-state index >= 15 is 0 Å². The van der Waals surface area contributed by atoms with Crippen LogP contribution in [-0.2, 0) is 22.2 Å². The van der Waals surface area contributed by atoms with E-state index in [0.717, 1.165) is 43.5 Å². The van der Waals surface area contributed by atoms with Gasteiger partial charge >= 0.3 is 5.97 Å². The number of hydrogen-bond donors (Lipinski definition) is 1. The normalized spacial score (nSPS) is 24.2. The molecule has 2 aromatic rings. The van der Waals surface area contributed by atoms with Crippen molar-refractivity contribution in [1.29, 1.82) is 0 Å². The number of carboxylic acids is 1. The average Bonchev–Trinajstić information content (AvgIpc) is 2.93. The van der Waals surface area contributed by atoms with Crippen molar-refractivity contribution < 1.29 is 14.7 Å². The van der Waals surface area contributed by atoms with Crippen LogP contribution in [0.2, 0.25) is 0 Å². The van der Waals surface area contributed by atoms with Gasteiger partial charge in [0.1, 0.15) is 5.25 Å². The molecule has 3 aliphatic rings. The first-order valence-corrected chi connectivity index (χ1v) is 15.4. The van der Waals surface area contributed by atoms with Gasteiger partial charge in [0.15, 0.2) is 0 Å². The summed E-state index contributed by atoms with van der Waals surface area (Å²) in [5, 5.41) is 9.91. The Balaban J connectivity index is 1.41. The van der Waals surface area contributed by atoms with E-state index in [4.69, 9.17) is 0 Å². The third kappa shape index (κ3) is 5.16. The lowest BCUT2D eigenvalue weighted by molar-refractivity contribution is -0.140. The monoisotopic (exact) mass is 559 g/mol. The number of aromatic carboxylic acids is 1. The highest BCUT2D eigenvalue weighted by atomic mass is 32.2. The summed E-state index contributed by atoms with van der Waals surface area (Å²) in [6, 6.07) is 17.7. The summed E-state index contributed by atoms with van der Waals surface area (Å²) >= 11 is 1.35. The van der Waals surface area contributed by atoms with Crippen molar-refractivity contribution in [2.75, 3.05) is 26.2 Å². The van der Waals surface area contributed by atoms with Crippen LogP contribution in [0.3, 0.4) is 0 Å². The molecule has 2 heterocycles. The number of allylic oxidation sites excluding steroid dienone is 2. The molecular formula is C34H43N2O3S+. The molecule has 0 saturated carbocycles. The number of carboxylic acid groups (broad SMARTS) is 1. The second-order valence-corrected chi connectivity index (χ2v) is 14.6. The molecule has 40 heavy (non-hydrogen) atoms. The highest BCUT2D eigenvalue weighted by Gasteiger charge is 2.51. The predicted molar refractivity (Wildman–Crippen MR) is 165 cm³/mol. The van der Waals surface area contributed by atoms with Crippen LogP contribution in [0.25, 0.3) is 5.57 Å². The number of amides is 1. The first-order valence-electron chi connectivity index (χ1n) is 14.5. The largest absolute Gasteiger partial charge is 0.478 e. The molecular weight excluding hydrogens is 516 g/mol. The number of piperidine rings is 1. The molecule has 1 amide bonds. The smallest absolute Gasteiger partial charge is 0.335 e. The summed E-state index contributed by atoms with van der Waals surface area (Å²) < 4.78 is 2.49. The molecule has 5 rings (SSSR count). The van der Waals surface area contributed by atoms with Crippen LogP contribution in [0, 0.1) is 10.8 Å². The maximum atomic E-state index is 14.6. The summed E-state index contributed by atoms with van der Waals surface area (Å²) in [6.07, 6.45) is 7.17. The highest BCUT2D eigenvalue weighted by molar-refractivity contribution is 7.76. The van der Waals surface area contributed by atoms with Crippen LogP contribution in [0.5, 0.6) is 0 Å². The van der Waals surface area contributed by atoms with E-state index in [1.165, 1.54) is 23.1 Å². The molecule has 0 spiro atoms. The summed E-state index contributed by atoms with van der Waals surface area (Å²) in [7, 11) is 0. The second kappa shape index (κ2) is 10.9. The quantitative estimate of drug-likeness (QED) is 0.262. The van der Waals surface area contributed by atoms with E-state index in [0.29, 0.717) is 23.9 Å².